The molecule has 59 valence electrons. The SMILES string of the molecule is CCC[N]CCCC1CC1. The molecule has 0 unspecified atom stereocenters. The van der Waals surface area contributed by atoms with Crippen molar-refractivity contribution in [2.75, 3.05) is 13.1 Å². The Morgan fingerprint density at radius 1 is 1.30 bits per heavy atom. The van der Waals surface area contributed by atoms with E-state index in [4.69, 9.17) is 0 Å². The van der Waals surface area contributed by atoms with Crippen molar-refractivity contribution in [2.45, 2.75) is 39.0 Å². The molecule has 0 aromatic carbocycles. The Kier molecular flexibility index (Phi) is 3.81. The number of hydrogen-bond acceptors (Lipinski definition) is 0. The van der Waals surface area contributed by atoms with Gasteiger partial charge >= 0.3 is 0 Å². The third-order valence-electron chi connectivity index (χ3n) is 2.01. The monoisotopic (exact) mass is 140 g/mol. The normalized spacial score (nSPS) is 17.7. The maximum Gasteiger partial charge on any atom is 0.0133 e. The van der Waals surface area contributed by atoms with Gasteiger partial charge < -0.3 is 0 Å². The van der Waals surface area contributed by atoms with Gasteiger partial charge in [0, 0.05) is 13.1 Å². The van der Waals surface area contributed by atoms with Gasteiger partial charge in [-0.05, 0) is 25.2 Å². The molecule has 0 N–H and O–H groups in total. The van der Waals surface area contributed by atoms with Crippen LogP contribution in [0.5, 0.6) is 0 Å². The molecular formula is C9H18N. The van der Waals surface area contributed by atoms with Crippen molar-refractivity contribution in [1.82, 2.24) is 5.32 Å². The van der Waals surface area contributed by atoms with Crippen LogP contribution in [-0.4, -0.2) is 13.1 Å². The Morgan fingerprint density at radius 2 is 2.10 bits per heavy atom. The first-order valence-electron chi connectivity index (χ1n) is 4.56. The van der Waals surface area contributed by atoms with Gasteiger partial charge in [-0.25, -0.2) is 5.32 Å². The summed E-state index contributed by atoms with van der Waals surface area (Å²) in [5.74, 6) is 1.09. The molecule has 0 heterocycles. The second-order valence-electron chi connectivity index (χ2n) is 3.26. The first kappa shape index (κ1) is 8.06. The second-order valence-corrected chi connectivity index (χ2v) is 3.26. The summed E-state index contributed by atoms with van der Waals surface area (Å²) in [5.41, 5.74) is 0. The molecule has 0 atom stereocenters. The molecule has 1 fully saturated rings. The Bertz CT molecular complexity index is 76.8. The first-order valence-corrected chi connectivity index (χ1v) is 4.56. The van der Waals surface area contributed by atoms with Crippen LogP contribution in [0.15, 0.2) is 0 Å². The van der Waals surface area contributed by atoms with Crippen LogP contribution in [0.3, 0.4) is 0 Å². The third kappa shape index (κ3) is 3.89. The molecule has 0 bridgehead atoms. The Morgan fingerprint density at radius 3 is 2.70 bits per heavy atom. The van der Waals surface area contributed by atoms with Gasteiger partial charge in [0.25, 0.3) is 0 Å². The van der Waals surface area contributed by atoms with Gasteiger partial charge in [-0.2, -0.15) is 0 Å². The van der Waals surface area contributed by atoms with E-state index in [1.165, 1.54) is 32.1 Å². The summed E-state index contributed by atoms with van der Waals surface area (Å²) in [4.78, 5) is 0. The van der Waals surface area contributed by atoms with E-state index < -0.39 is 0 Å². The van der Waals surface area contributed by atoms with E-state index in [1.807, 2.05) is 0 Å². The summed E-state index contributed by atoms with van der Waals surface area (Å²) in [5, 5.41) is 4.39. The molecule has 1 radical (unpaired) electrons. The lowest BCUT2D eigenvalue weighted by Gasteiger charge is -1.98. The Hall–Kier alpha value is -0.0400. The lowest BCUT2D eigenvalue weighted by Crippen LogP contribution is -2.07. The molecule has 0 amide bonds. The number of hydrogen-bond donors (Lipinski definition) is 0. The van der Waals surface area contributed by atoms with E-state index in [0.29, 0.717) is 0 Å². The van der Waals surface area contributed by atoms with Crippen molar-refractivity contribution >= 4 is 0 Å². The summed E-state index contributed by atoms with van der Waals surface area (Å²) in [6.07, 6.45) is 6.98. The smallest absolute Gasteiger partial charge is 0.0133 e. The van der Waals surface area contributed by atoms with Crippen LogP contribution < -0.4 is 5.32 Å². The average Bonchev–Trinajstić information content (AvgIpc) is 2.71. The van der Waals surface area contributed by atoms with E-state index in [9.17, 15) is 0 Å². The van der Waals surface area contributed by atoms with Gasteiger partial charge in [0.2, 0.25) is 0 Å². The molecule has 0 aromatic rings. The standard InChI is InChI=1S/C9H18N/c1-2-7-10-8-3-4-9-5-6-9/h9H,2-8H2,1H3. The minimum Gasteiger partial charge on any atom is -0.242 e. The fourth-order valence-corrected chi connectivity index (χ4v) is 1.17. The summed E-state index contributed by atoms with van der Waals surface area (Å²) < 4.78 is 0. The quantitative estimate of drug-likeness (QED) is 0.502. The van der Waals surface area contributed by atoms with Gasteiger partial charge in [-0.1, -0.05) is 19.8 Å². The zero-order valence-corrected chi connectivity index (χ0v) is 6.97. The topological polar surface area (TPSA) is 14.1 Å². The highest BCUT2D eigenvalue weighted by Gasteiger charge is 2.19. The lowest BCUT2D eigenvalue weighted by atomic mass is 10.2. The van der Waals surface area contributed by atoms with E-state index in [2.05, 4.69) is 12.2 Å². The molecule has 0 aliphatic heterocycles. The molecule has 0 spiro atoms. The Balaban J connectivity index is 1.68. The minimum atomic E-state index is 1.07. The van der Waals surface area contributed by atoms with Crippen molar-refractivity contribution in [3.63, 3.8) is 0 Å². The Labute approximate surface area is 64.2 Å². The zero-order chi connectivity index (χ0) is 7.23. The van der Waals surface area contributed by atoms with Crippen LogP contribution in [0.1, 0.15) is 39.0 Å². The molecule has 1 aliphatic carbocycles. The summed E-state index contributed by atoms with van der Waals surface area (Å²) in [6.45, 7) is 4.37. The maximum atomic E-state index is 4.39. The van der Waals surface area contributed by atoms with Gasteiger partial charge in [-0.3, -0.25) is 0 Å². The molecule has 10 heavy (non-hydrogen) atoms. The predicted molar refractivity (Wildman–Crippen MR) is 44.1 cm³/mol. The van der Waals surface area contributed by atoms with E-state index in [0.717, 1.165) is 19.0 Å². The van der Waals surface area contributed by atoms with E-state index >= 15 is 0 Å². The predicted octanol–water partition coefficient (Wildman–Crippen LogP) is 2.19. The lowest BCUT2D eigenvalue weighted by molar-refractivity contribution is 0.582. The third-order valence-corrected chi connectivity index (χ3v) is 2.01. The summed E-state index contributed by atoms with van der Waals surface area (Å²) >= 11 is 0. The van der Waals surface area contributed by atoms with Gasteiger partial charge in [-0.15, -0.1) is 0 Å². The average molecular weight is 140 g/mol. The van der Waals surface area contributed by atoms with Crippen LogP contribution in [0.4, 0.5) is 0 Å². The van der Waals surface area contributed by atoms with Crippen LogP contribution in [-0.2, 0) is 0 Å². The highest BCUT2D eigenvalue weighted by atomic mass is 14.8. The fraction of sp³-hybridized carbons (Fsp3) is 1.00. The highest BCUT2D eigenvalue weighted by molar-refractivity contribution is 4.72. The van der Waals surface area contributed by atoms with Crippen molar-refractivity contribution in [3.05, 3.63) is 0 Å². The zero-order valence-electron chi connectivity index (χ0n) is 6.97. The van der Waals surface area contributed by atoms with Gasteiger partial charge in [0.15, 0.2) is 0 Å². The van der Waals surface area contributed by atoms with Crippen molar-refractivity contribution in [1.29, 1.82) is 0 Å². The van der Waals surface area contributed by atoms with E-state index in [1.54, 1.807) is 0 Å². The van der Waals surface area contributed by atoms with Crippen LogP contribution >= 0.6 is 0 Å². The fourth-order valence-electron chi connectivity index (χ4n) is 1.17. The molecule has 1 nitrogen and oxygen atoms in total. The largest absolute Gasteiger partial charge is 0.242 e. The molecule has 1 aliphatic rings. The number of rotatable bonds is 6. The molecule has 1 heteroatoms. The highest BCUT2D eigenvalue weighted by Crippen LogP contribution is 2.33. The molecular weight excluding hydrogens is 122 g/mol. The summed E-state index contributed by atoms with van der Waals surface area (Å²) in [6, 6.07) is 0. The van der Waals surface area contributed by atoms with Gasteiger partial charge in [0.05, 0.1) is 0 Å². The van der Waals surface area contributed by atoms with Crippen LogP contribution in [0.25, 0.3) is 0 Å². The molecule has 0 aromatic heterocycles. The molecule has 1 rings (SSSR count). The number of nitrogens with zero attached hydrogens (tertiary/aromatic N) is 1. The first-order chi connectivity index (χ1) is 4.93. The van der Waals surface area contributed by atoms with Crippen molar-refractivity contribution in [2.24, 2.45) is 5.92 Å². The molecule has 0 saturated heterocycles. The molecule has 1 saturated carbocycles. The maximum absolute atomic E-state index is 4.39. The van der Waals surface area contributed by atoms with Crippen molar-refractivity contribution in [3.8, 4) is 0 Å². The van der Waals surface area contributed by atoms with Gasteiger partial charge in [0.1, 0.15) is 0 Å². The summed E-state index contributed by atoms with van der Waals surface area (Å²) in [7, 11) is 0. The van der Waals surface area contributed by atoms with Crippen LogP contribution in [0, 0.1) is 5.92 Å². The van der Waals surface area contributed by atoms with Crippen LogP contribution in [0.2, 0.25) is 0 Å². The minimum absolute atomic E-state index is 1.07. The van der Waals surface area contributed by atoms with Crippen molar-refractivity contribution < 1.29 is 0 Å². The van der Waals surface area contributed by atoms with E-state index in [-0.39, 0.29) is 0 Å². The second kappa shape index (κ2) is 4.73.